The number of thiocarbonyl (C=S) groups is 1. The molecular weight excluding hydrogens is 282 g/mol. The molecule has 0 bridgehead atoms. The third-order valence-corrected chi connectivity index (χ3v) is 3.12. The van der Waals surface area contributed by atoms with Crippen LogP contribution in [0.2, 0.25) is 5.02 Å². The van der Waals surface area contributed by atoms with E-state index in [0.29, 0.717) is 22.4 Å². The van der Waals surface area contributed by atoms with Crippen LogP contribution in [0.15, 0.2) is 36.9 Å². The van der Waals surface area contributed by atoms with Gasteiger partial charge in [-0.05, 0) is 24.6 Å². The van der Waals surface area contributed by atoms with Crippen molar-refractivity contribution in [2.45, 2.75) is 13.0 Å². The number of nitrogens with two attached hydrogens (primary N) is 1. The fourth-order valence-electron chi connectivity index (χ4n) is 1.62. The number of halogens is 1. The highest BCUT2D eigenvalue weighted by atomic mass is 35.5. The van der Waals surface area contributed by atoms with Crippen molar-refractivity contribution in [1.29, 1.82) is 0 Å². The van der Waals surface area contributed by atoms with Crippen molar-refractivity contribution in [3.63, 3.8) is 0 Å². The van der Waals surface area contributed by atoms with Crippen molar-refractivity contribution in [1.82, 2.24) is 9.55 Å². The smallest absolute Gasteiger partial charge is 0.137 e. The van der Waals surface area contributed by atoms with E-state index in [-0.39, 0.29) is 0 Å². The lowest BCUT2D eigenvalue weighted by molar-refractivity contribution is 0.302. The maximum Gasteiger partial charge on any atom is 0.137 e. The Labute approximate surface area is 122 Å². The van der Waals surface area contributed by atoms with Crippen LogP contribution in [-0.2, 0) is 6.54 Å². The summed E-state index contributed by atoms with van der Waals surface area (Å²) in [5.74, 6) is 0.646. The molecule has 1 heterocycles. The standard InChI is InChI=1S/C13H14ClN3OS/c14-11-8-10(13(15)19)2-3-12(11)18-7-1-5-17-6-4-16-9-17/h2-4,6,8-9H,1,5,7H2,(H2,15,19). The molecule has 0 unspecified atom stereocenters. The molecule has 0 radical (unpaired) electrons. The minimum atomic E-state index is 0.327. The summed E-state index contributed by atoms with van der Waals surface area (Å²) in [6.45, 7) is 1.45. The maximum absolute atomic E-state index is 6.10. The minimum Gasteiger partial charge on any atom is -0.492 e. The third kappa shape index (κ3) is 3.94. The van der Waals surface area contributed by atoms with E-state index in [9.17, 15) is 0 Å². The largest absolute Gasteiger partial charge is 0.492 e. The van der Waals surface area contributed by atoms with Crippen LogP contribution in [-0.4, -0.2) is 21.1 Å². The zero-order valence-electron chi connectivity index (χ0n) is 10.3. The van der Waals surface area contributed by atoms with E-state index in [4.69, 9.17) is 34.3 Å². The lowest BCUT2D eigenvalue weighted by Gasteiger charge is -2.09. The van der Waals surface area contributed by atoms with Crippen LogP contribution in [0.5, 0.6) is 5.75 Å². The monoisotopic (exact) mass is 295 g/mol. The van der Waals surface area contributed by atoms with Gasteiger partial charge in [-0.2, -0.15) is 0 Å². The van der Waals surface area contributed by atoms with Crippen LogP contribution in [0.1, 0.15) is 12.0 Å². The molecule has 0 aliphatic carbocycles. The molecule has 0 spiro atoms. The molecule has 0 saturated heterocycles. The minimum absolute atomic E-state index is 0.327. The van der Waals surface area contributed by atoms with E-state index >= 15 is 0 Å². The topological polar surface area (TPSA) is 53.1 Å². The summed E-state index contributed by atoms with van der Waals surface area (Å²) in [6, 6.07) is 5.31. The number of benzene rings is 1. The fourth-order valence-corrected chi connectivity index (χ4v) is 1.98. The van der Waals surface area contributed by atoms with Crippen LogP contribution < -0.4 is 10.5 Å². The number of aromatic nitrogens is 2. The molecule has 0 fully saturated rings. The van der Waals surface area contributed by atoms with Crippen LogP contribution in [0.4, 0.5) is 0 Å². The Hall–Kier alpha value is -1.59. The second-order valence-corrected chi connectivity index (χ2v) is 4.86. The van der Waals surface area contributed by atoms with Gasteiger partial charge in [0.1, 0.15) is 10.7 Å². The van der Waals surface area contributed by atoms with Crippen molar-refractivity contribution in [2.24, 2.45) is 5.73 Å². The Morgan fingerprint density at radius 3 is 2.95 bits per heavy atom. The van der Waals surface area contributed by atoms with E-state index in [0.717, 1.165) is 18.5 Å². The van der Waals surface area contributed by atoms with Gasteiger partial charge in [0.15, 0.2) is 0 Å². The summed E-state index contributed by atoms with van der Waals surface area (Å²) in [4.78, 5) is 4.30. The maximum atomic E-state index is 6.10. The summed E-state index contributed by atoms with van der Waals surface area (Å²) < 4.78 is 7.62. The molecule has 0 atom stereocenters. The van der Waals surface area contributed by atoms with Gasteiger partial charge < -0.3 is 15.0 Å². The molecule has 0 aliphatic heterocycles. The van der Waals surface area contributed by atoms with Gasteiger partial charge >= 0.3 is 0 Å². The van der Waals surface area contributed by atoms with Crippen molar-refractivity contribution in [3.05, 3.63) is 47.5 Å². The Balaban J connectivity index is 1.84. The van der Waals surface area contributed by atoms with Gasteiger partial charge in [-0.15, -0.1) is 0 Å². The van der Waals surface area contributed by atoms with E-state index in [2.05, 4.69) is 4.98 Å². The average Bonchev–Trinajstić information content (AvgIpc) is 2.89. The van der Waals surface area contributed by atoms with Crippen molar-refractivity contribution in [3.8, 4) is 5.75 Å². The fraction of sp³-hybridized carbons (Fsp3) is 0.231. The average molecular weight is 296 g/mol. The molecule has 0 amide bonds. The lowest BCUT2D eigenvalue weighted by atomic mass is 10.2. The van der Waals surface area contributed by atoms with E-state index in [1.165, 1.54) is 0 Å². The molecule has 2 N–H and O–H groups in total. The molecule has 19 heavy (non-hydrogen) atoms. The molecule has 6 heteroatoms. The molecule has 2 rings (SSSR count). The number of hydrogen-bond donors (Lipinski definition) is 1. The Bertz CT molecular complexity index is 557. The number of hydrogen-bond acceptors (Lipinski definition) is 3. The zero-order valence-corrected chi connectivity index (χ0v) is 11.8. The SMILES string of the molecule is NC(=S)c1ccc(OCCCn2ccnc2)c(Cl)c1. The van der Waals surface area contributed by atoms with Crippen LogP contribution in [0.25, 0.3) is 0 Å². The third-order valence-electron chi connectivity index (χ3n) is 2.59. The van der Waals surface area contributed by atoms with Crippen molar-refractivity contribution < 1.29 is 4.74 Å². The van der Waals surface area contributed by atoms with Gasteiger partial charge in [0, 0.05) is 24.5 Å². The second kappa shape index (κ2) is 6.54. The van der Waals surface area contributed by atoms with E-state index < -0.39 is 0 Å². The highest BCUT2D eigenvalue weighted by Gasteiger charge is 2.04. The van der Waals surface area contributed by atoms with Crippen molar-refractivity contribution >= 4 is 28.8 Å². The molecular formula is C13H14ClN3OS. The first-order valence-corrected chi connectivity index (χ1v) is 6.63. The van der Waals surface area contributed by atoms with E-state index in [1.54, 1.807) is 30.7 Å². The molecule has 4 nitrogen and oxygen atoms in total. The highest BCUT2D eigenvalue weighted by molar-refractivity contribution is 7.80. The lowest BCUT2D eigenvalue weighted by Crippen LogP contribution is -2.09. The highest BCUT2D eigenvalue weighted by Crippen LogP contribution is 2.25. The Morgan fingerprint density at radius 1 is 1.47 bits per heavy atom. The van der Waals surface area contributed by atoms with Gasteiger partial charge in [-0.25, -0.2) is 4.98 Å². The predicted molar refractivity (Wildman–Crippen MR) is 79.7 cm³/mol. The first-order chi connectivity index (χ1) is 9.16. The van der Waals surface area contributed by atoms with E-state index in [1.807, 2.05) is 10.8 Å². The van der Waals surface area contributed by atoms with Crippen molar-refractivity contribution in [2.75, 3.05) is 6.61 Å². The second-order valence-electron chi connectivity index (χ2n) is 4.01. The summed E-state index contributed by atoms with van der Waals surface area (Å²) in [5.41, 5.74) is 6.27. The number of aryl methyl sites for hydroxylation is 1. The summed E-state index contributed by atoms with van der Waals surface area (Å²) in [5, 5.41) is 0.521. The van der Waals surface area contributed by atoms with Gasteiger partial charge in [0.2, 0.25) is 0 Å². The van der Waals surface area contributed by atoms with Gasteiger partial charge in [-0.3, -0.25) is 0 Å². The normalized spacial score (nSPS) is 10.4. The number of nitrogens with zero attached hydrogens (tertiary/aromatic N) is 2. The molecule has 1 aromatic heterocycles. The van der Waals surface area contributed by atoms with Gasteiger partial charge in [-0.1, -0.05) is 23.8 Å². The number of rotatable bonds is 6. The van der Waals surface area contributed by atoms with Gasteiger partial charge in [0.05, 0.1) is 18.0 Å². The molecule has 0 aliphatic rings. The first-order valence-electron chi connectivity index (χ1n) is 5.84. The Kier molecular flexibility index (Phi) is 4.76. The number of ether oxygens (including phenoxy) is 1. The van der Waals surface area contributed by atoms with Gasteiger partial charge in [0.25, 0.3) is 0 Å². The molecule has 100 valence electrons. The van der Waals surface area contributed by atoms with Crippen LogP contribution >= 0.6 is 23.8 Å². The quantitative estimate of drug-likeness (QED) is 0.657. The zero-order chi connectivity index (χ0) is 13.7. The molecule has 2 aromatic rings. The first kappa shape index (κ1) is 13.8. The molecule has 1 aromatic carbocycles. The summed E-state index contributed by atoms with van der Waals surface area (Å²) >= 11 is 11.0. The Morgan fingerprint density at radius 2 is 2.32 bits per heavy atom. The number of imidazole rings is 1. The van der Waals surface area contributed by atoms with Crippen LogP contribution in [0, 0.1) is 0 Å². The summed E-state index contributed by atoms with van der Waals surface area (Å²) in [7, 11) is 0. The predicted octanol–water partition coefficient (Wildman–Crippen LogP) is 2.64. The summed E-state index contributed by atoms with van der Waals surface area (Å²) in [6.07, 6.45) is 6.34. The molecule has 0 saturated carbocycles. The van der Waals surface area contributed by atoms with Crippen LogP contribution in [0.3, 0.4) is 0 Å².